The summed E-state index contributed by atoms with van der Waals surface area (Å²) >= 11 is 1.48. The van der Waals surface area contributed by atoms with Crippen LogP contribution in [0.15, 0.2) is 16.2 Å². The molecule has 0 N–H and O–H groups in total. The average Bonchev–Trinajstić information content (AvgIpc) is 2.90. The Morgan fingerprint density at radius 1 is 1.35 bits per heavy atom. The van der Waals surface area contributed by atoms with Gasteiger partial charge in [-0.2, -0.15) is 0 Å². The minimum Gasteiger partial charge on any atom is -0.450 e. The molecule has 1 aliphatic rings. The van der Waals surface area contributed by atoms with Crippen LogP contribution >= 0.6 is 11.3 Å². The smallest absolute Gasteiger partial charge is 0.409 e. The van der Waals surface area contributed by atoms with Crippen molar-refractivity contribution in [3.05, 3.63) is 33.2 Å². The molecule has 0 radical (unpaired) electrons. The number of aryl methyl sites for hydroxylation is 1. The highest BCUT2D eigenvalue weighted by Crippen LogP contribution is 2.13. The lowest BCUT2D eigenvalue weighted by molar-refractivity contribution is 0.0775. The third-order valence-corrected chi connectivity index (χ3v) is 4.86. The van der Waals surface area contributed by atoms with E-state index in [1.807, 2.05) is 12.3 Å². The molecule has 2 aromatic rings. The number of hydrogen-bond acceptors (Lipinski definition) is 6. The van der Waals surface area contributed by atoms with E-state index in [-0.39, 0.29) is 11.7 Å². The predicted octanol–water partition coefficient (Wildman–Crippen LogP) is 1.34. The van der Waals surface area contributed by atoms with E-state index in [1.54, 1.807) is 22.3 Å². The molecule has 8 heteroatoms. The summed E-state index contributed by atoms with van der Waals surface area (Å²) in [5.41, 5.74) is 1.66. The van der Waals surface area contributed by atoms with Crippen LogP contribution in [-0.4, -0.2) is 58.1 Å². The molecule has 0 bridgehead atoms. The molecule has 0 spiro atoms. The highest BCUT2D eigenvalue weighted by atomic mass is 32.1. The van der Waals surface area contributed by atoms with Crippen LogP contribution < -0.4 is 5.56 Å². The van der Waals surface area contributed by atoms with E-state index in [4.69, 9.17) is 4.74 Å². The average molecular weight is 336 g/mol. The van der Waals surface area contributed by atoms with E-state index >= 15 is 0 Å². The Balaban J connectivity index is 1.65. The van der Waals surface area contributed by atoms with Gasteiger partial charge in [-0.05, 0) is 13.8 Å². The summed E-state index contributed by atoms with van der Waals surface area (Å²) in [4.78, 5) is 33.1. The molecule has 3 heterocycles. The van der Waals surface area contributed by atoms with Crippen LogP contribution in [0.2, 0.25) is 0 Å². The summed E-state index contributed by atoms with van der Waals surface area (Å²) in [7, 11) is 0. The molecular weight excluding hydrogens is 316 g/mol. The third kappa shape index (κ3) is 3.37. The Kier molecular flexibility index (Phi) is 4.63. The summed E-state index contributed by atoms with van der Waals surface area (Å²) in [6.45, 7) is 7.51. The number of carbonyl (C=O) groups excluding carboxylic acids is 1. The quantitative estimate of drug-likeness (QED) is 0.846. The lowest BCUT2D eigenvalue weighted by Gasteiger charge is -2.33. The number of amides is 1. The predicted molar refractivity (Wildman–Crippen MR) is 87.9 cm³/mol. The van der Waals surface area contributed by atoms with Crippen molar-refractivity contribution >= 4 is 22.4 Å². The second-order valence-corrected chi connectivity index (χ2v) is 6.38. The lowest BCUT2D eigenvalue weighted by atomic mass is 10.3. The van der Waals surface area contributed by atoms with Crippen molar-refractivity contribution in [3.63, 3.8) is 0 Å². The highest BCUT2D eigenvalue weighted by molar-refractivity contribution is 7.15. The largest absolute Gasteiger partial charge is 0.450 e. The molecule has 124 valence electrons. The first-order valence-corrected chi connectivity index (χ1v) is 8.57. The van der Waals surface area contributed by atoms with Crippen molar-refractivity contribution in [3.8, 4) is 0 Å². The number of nitrogens with zero attached hydrogens (tertiary/aromatic N) is 4. The van der Waals surface area contributed by atoms with E-state index in [0.717, 1.165) is 29.4 Å². The maximum absolute atomic E-state index is 12.2. The van der Waals surface area contributed by atoms with Gasteiger partial charge in [0.2, 0.25) is 0 Å². The van der Waals surface area contributed by atoms with Gasteiger partial charge in [-0.15, -0.1) is 11.3 Å². The summed E-state index contributed by atoms with van der Waals surface area (Å²) in [6.07, 6.45) is -0.251. The van der Waals surface area contributed by atoms with Crippen LogP contribution in [0.4, 0.5) is 4.79 Å². The fourth-order valence-electron chi connectivity index (χ4n) is 2.71. The first kappa shape index (κ1) is 15.9. The Morgan fingerprint density at radius 2 is 2.09 bits per heavy atom. The van der Waals surface area contributed by atoms with Gasteiger partial charge in [-0.3, -0.25) is 14.1 Å². The summed E-state index contributed by atoms with van der Waals surface area (Å²) in [5, 5.41) is 1.94. The van der Waals surface area contributed by atoms with E-state index < -0.39 is 0 Å². The van der Waals surface area contributed by atoms with Crippen molar-refractivity contribution in [2.24, 2.45) is 0 Å². The van der Waals surface area contributed by atoms with Gasteiger partial charge in [-0.25, -0.2) is 9.78 Å². The number of hydrogen-bond donors (Lipinski definition) is 0. The molecule has 2 aromatic heterocycles. The monoisotopic (exact) mass is 336 g/mol. The molecule has 0 aromatic carbocycles. The number of ether oxygens (including phenoxy) is 1. The zero-order chi connectivity index (χ0) is 16.4. The standard InChI is InChI=1S/C15H20N4O3S/c1-3-22-15(21)18-6-4-17(5-7-18)9-12-8-13(20)19-11(2)10-23-14(19)16-12/h8,10H,3-7,9H2,1-2H3. The van der Waals surface area contributed by atoms with Crippen LogP contribution in [-0.2, 0) is 11.3 Å². The van der Waals surface area contributed by atoms with E-state index in [1.165, 1.54) is 11.3 Å². The van der Waals surface area contributed by atoms with E-state index in [0.29, 0.717) is 26.2 Å². The van der Waals surface area contributed by atoms with E-state index in [9.17, 15) is 9.59 Å². The van der Waals surface area contributed by atoms with Gasteiger partial charge in [0.1, 0.15) is 0 Å². The van der Waals surface area contributed by atoms with Crippen molar-refractivity contribution < 1.29 is 9.53 Å². The highest BCUT2D eigenvalue weighted by Gasteiger charge is 2.22. The molecule has 0 atom stereocenters. The van der Waals surface area contributed by atoms with Gasteiger partial charge >= 0.3 is 6.09 Å². The number of fused-ring (bicyclic) bond motifs is 1. The van der Waals surface area contributed by atoms with Gasteiger partial charge in [0.15, 0.2) is 4.96 Å². The van der Waals surface area contributed by atoms with Gasteiger partial charge in [0.25, 0.3) is 5.56 Å². The Bertz CT molecular complexity index is 762. The van der Waals surface area contributed by atoms with Crippen LogP contribution in [0, 0.1) is 6.92 Å². The molecule has 7 nitrogen and oxygen atoms in total. The molecule has 3 rings (SSSR count). The second kappa shape index (κ2) is 6.67. The van der Waals surface area contributed by atoms with Gasteiger partial charge < -0.3 is 9.64 Å². The summed E-state index contributed by atoms with van der Waals surface area (Å²) in [6, 6.07) is 1.60. The number of rotatable bonds is 3. The number of thiazole rings is 1. The van der Waals surface area contributed by atoms with Crippen molar-refractivity contribution in [2.75, 3.05) is 32.8 Å². The molecule has 0 saturated carbocycles. The topological polar surface area (TPSA) is 67.2 Å². The fraction of sp³-hybridized carbons (Fsp3) is 0.533. The normalized spacial score (nSPS) is 16.0. The molecular formula is C15H20N4O3S. The van der Waals surface area contributed by atoms with Gasteiger partial charge in [0.05, 0.1) is 12.3 Å². The maximum Gasteiger partial charge on any atom is 0.409 e. The molecule has 0 unspecified atom stereocenters. The van der Waals surface area contributed by atoms with Crippen LogP contribution in [0.1, 0.15) is 18.3 Å². The first-order valence-electron chi connectivity index (χ1n) is 7.69. The molecule has 0 aliphatic carbocycles. The van der Waals surface area contributed by atoms with E-state index in [2.05, 4.69) is 9.88 Å². The number of carbonyl (C=O) groups is 1. The molecule has 23 heavy (non-hydrogen) atoms. The number of aromatic nitrogens is 2. The Morgan fingerprint density at radius 3 is 2.78 bits per heavy atom. The van der Waals surface area contributed by atoms with Crippen molar-refractivity contribution in [1.29, 1.82) is 0 Å². The summed E-state index contributed by atoms with van der Waals surface area (Å²) in [5.74, 6) is 0. The van der Waals surface area contributed by atoms with Gasteiger partial charge in [0, 0.05) is 49.9 Å². The van der Waals surface area contributed by atoms with Crippen LogP contribution in [0.3, 0.4) is 0 Å². The zero-order valence-electron chi connectivity index (χ0n) is 13.3. The molecule has 1 amide bonds. The zero-order valence-corrected chi connectivity index (χ0v) is 14.1. The Hall–Kier alpha value is -1.93. The van der Waals surface area contributed by atoms with Crippen LogP contribution in [0.5, 0.6) is 0 Å². The fourth-order valence-corrected chi connectivity index (χ4v) is 3.61. The third-order valence-electron chi connectivity index (χ3n) is 3.91. The summed E-state index contributed by atoms with van der Waals surface area (Å²) < 4.78 is 6.65. The molecule has 1 aliphatic heterocycles. The molecule has 1 fully saturated rings. The maximum atomic E-state index is 12.2. The minimum absolute atomic E-state index is 0.0334. The van der Waals surface area contributed by atoms with Crippen molar-refractivity contribution in [1.82, 2.24) is 19.2 Å². The van der Waals surface area contributed by atoms with Crippen LogP contribution in [0.25, 0.3) is 4.96 Å². The lowest BCUT2D eigenvalue weighted by Crippen LogP contribution is -2.48. The van der Waals surface area contributed by atoms with Crippen molar-refractivity contribution in [2.45, 2.75) is 20.4 Å². The Labute approximate surface area is 138 Å². The second-order valence-electron chi connectivity index (χ2n) is 5.54. The first-order chi connectivity index (χ1) is 11.1. The van der Waals surface area contributed by atoms with Gasteiger partial charge in [-0.1, -0.05) is 0 Å². The number of piperazine rings is 1. The molecule has 1 saturated heterocycles. The SMILES string of the molecule is CCOC(=O)N1CCN(Cc2cc(=O)n3c(C)csc3n2)CC1. The minimum atomic E-state index is -0.251.